The SMILES string of the molecule is CC(=O)c1ccc(NC(=O)CNC(=O)[C@@H]2CC(=O)N(c3ccc(F)cc3)C2)cc1. The third-order valence-electron chi connectivity index (χ3n) is 4.63. The van der Waals surface area contributed by atoms with Gasteiger partial charge in [-0.1, -0.05) is 0 Å². The number of Topliss-reactive ketones (excluding diaryl/α,β-unsaturated/α-hetero) is 1. The van der Waals surface area contributed by atoms with Crippen molar-refractivity contribution in [2.75, 3.05) is 23.3 Å². The van der Waals surface area contributed by atoms with Gasteiger partial charge in [0, 0.05) is 29.9 Å². The number of hydrogen-bond acceptors (Lipinski definition) is 4. The van der Waals surface area contributed by atoms with Gasteiger partial charge in [0.05, 0.1) is 12.5 Å². The van der Waals surface area contributed by atoms with Gasteiger partial charge in [-0.25, -0.2) is 4.39 Å². The summed E-state index contributed by atoms with van der Waals surface area (Å²) in [6.07, 6.45) is 0.0251. The Kier molecular flexibility index (Phi) is 6.01. The van der Waals surface area contributed by atoms with Gasteiger partial charge in [0.15, 0.2) is 5.78 Å². The molecule has 1 aliphatic rings. The number of carbonyl (C=O) groups is 4. The average molecular weight is 397 g/mol. The van der Waals surface area contributed by atoms with Crippen LogP contribution >= 0.6 is 0 Å². The van der Waals surface area contributed by atoms with Crippen molar-refractivity contribution in [3.05, 3.63) is 59.9 Å². The lowest BCUT2D eigenvalue weighted by molar-refractivity contribution is -0.127. The van der Waals surface area contributed by atoms with E-state index in [2.05, 4.69) is 10.6 Å². The Hall–Kier alpha value is -3.55. The van der Waals surface area contributed by atoms with E-state index in [1.54, 1.807) is 24.3 Å². The van der Waals surface area contributed by atoms with Crippen LogP contribution in [0.2, 0.25) is 0 Å². The Balaban J connectivity index is 1.50. The number of nitrogens with one attached hydrogen (secondary N) is 2. The van der Waals surface area contributed by atoms with E-state index in [1.165, 1.54) is 36.1 Å². The summed E-state index contributed by atoms with van der Waals surface area (Å²) in [4.78, 5) is 49.2. The molecule has 0 saturated carbocycles. The fourth-order valence-corrected chi connectivity index (χ4v) is 3.06. The summed E-state index contributed by atoms with van der Waals surface area (Å²) in [6, 6.07) is 11.9. The number of amides is 3. The molecule has 7 nitrogen and oxygen atoms in total. The molecule has 2 aromatic carbocycles. The normalized spacial score (nSPS) is 15.9. The maximum atomic E-state index is 13.0. The quantitative estimate of drug-likeness (QED) is 0.730. The molecule has 2 aromatic rings. The van der Waals surface area contributed by atoms with Crippen LogP contribution in [0.25, 0.3) is 0 Å². The van der Waals surface area contributed by atoms with Gasteiger partial charge in [-0.05, 0) is 55.5 Å². The van der Waals surface area contributed by atoms with Crippen molar-refractivity contribution in [3.8, 4) is 0 Å². The van der Waals surface area contributed by atoms with E-state index < -0.39 is 23.5 Å². The van der Waals surface area contributed by atoms with Crippen LogP contribution in [0.4, 0.5) is 15.8 Å². The summed E-state index contributed by atoms with van der Waals surface area (Å²) in [7, 11) is 0. The number of nitrogens with zero attached hydrogens (tertiary/aromatic N) is 1. The van der Waals surface area contributed by atoms with E-state index in [0.717, 1.165) is 0 Å². The third kappa shape index (κ3) is 5.04. The summed E-state index contributed by atoms with van der Waals surface area (Å²) >= 11 is 0. The van der Waals surface area contributed by atoms with Gasteiger partial charge in [-0.15, -0.1) is 0 Å². The molecule has 0 unspecified atom stereocenters. The predicted molar refractivity (Wildman–Crippen MR) is 105 cm³/mol. The highest BCUT2D eigenvalue weighted by Gasteiger charge is 2.35. The number of hydrogen-bond donors (Lipinski definition) is 2. The molecule has 3 rings (SSSR count). The molecule has 0 aliphatic carbocycles. The van der Waals surface area contributed by atoms with E-state index >= 15 is 0 Å². The lowest BCUT2D eigenvalue weighted by Gasteiger charge is -2.16. The first-order chi connectivity index (χ1) is 13.8. The Morgan fingerprint density at radius 2 is 1.72 bits per heavy atom. The summed E-state index contributed by atoms with van der Waals surface area (Å²) in [6.45, 7) is 1.38. The van der Waals surface area contributed by atoms with Crippen LogP contribution in [0.1, 0.15) is 23.7 Å². The Morgan fingerprint density at radius 1 is 1.07 bits per heavy atom. The molecule has 1 heterocycles. The van der Waals surface area contributed by atoms with Crippen molar-refractivity contribution < 1.29 is 23.6 Å². The maximum Gasteiger partial charge on any atom is 0.243 e. The fraction of sp³-hybridized carbons (Fsp3) is 0.238. The zero-order chi connectivity index (χ0) is 21.0. The van der Waals surface area contributed by atoms with E-state index in [4.69, 9.17) is 0 Å². The van der Waals surface area contributed by atoms with E-state index in [9.17, 15) is 23.6 Å². The minimum absolute atomic E-state index is 0.0251. The van der Waals surface area contributed by atoms with Crippen molar-refractivity contribution in [2.24, 2.45) is 5.92 Å². The molecule has 150 valence electrons. The highest BCUT2D eigenvalue weighted by Crippen LogP contribution is 2.25. The molecule has 1 saturated heterocycles. The van der Waals surface area contributed by atoms with Crippen molar-refractivity contribution in [3.63, 3.8) is 0 Å². The Morgan fingerprint density at radius 3 is 2.34 bits per heavy atom. The molecule has 0 spiro atoms. The molecular formula is C21H20FN3O4. The highest BCUT2D eigenvalue weighted by atomic mass is 19.1. The number of carbonyl (C=O) groups excluding carboxylic acids is 4. The van der Waals surface area contributed by atoms with Gasteiger partial charge in [0.25, 0.3) is 0 Å². The zero-order valence-electron chi connectivity index (χ0n) is 15.8. The van der Waals surface area contributed by atoms with Crippen LogP contribution in [-0.2, 0) is 14.4 Å². The topological polar surface area (TPSA) is 95.6 Å². The van der Waals surface area contributed by atoms with Gasteiger partial charge >= 0.3 is 0 Å². The lowest BCUT2D eigenvalue weighted by atomic mass is 10.1. The van der Waals surface area contributed by atoms with E-state index in [0.29, 0.717) is 16.9 Å². The zero-order valence-corrected chi connectivity index (χ0v) is 15.8. The second kappa shape index (κ2) is 8.64. The molecule has 2 N–H and O–H groups in total. The number of halogens is 1. The molecule has 0 aromatic heterocycles. The monoisotopic (exact) mass is 397 g/mol. The molecule has 0 bridgehead atoms. The molecule has 1 fully saturated rings. The summed E-state index contributed by atoms with van der Waals surface area (Å²) < 4.78 is 13.0. The molecule has 8 heteroatoms. The van der Waals surface area contributed by atoms with Crippen LogP contribution < -0.4 is 15.5 Å². The molecule has 0 radical (unpaired) electrons. The Bertz CT molecular complexity index is 941. The molecule has 1 aliphatic heterocycles. The van der Waals surface area contributed by atoms with Crippen LogP contribution in [0.5, 0.6) is 0 Å². The summed E-state index contributed by atoms with van der Waals surface area (Å²) in [5, 5.41) is 5.16. The van der Waals surface area contributed by atoms with Gasteiger partial charge in [0.2, 0.25) is 17.7 Å². The van der Waals surface area contributed by atoms with Crippen LogP contribution in [-0.4, -0.2) is 36.6 Å². The predicted octanol–water partition coefficient (Wildman–Crippen LogP) is 2.14. The maximum absolute atomic E-state index is 13.0. The second-order valence-corrected chi connectivity index (χ2v) is 6.78. The van der Waals surface area contributed by atoms with Crippen molar-refractivity contribution in [2.45, 2.75) is 13.3 Å². The van der Waals surface area contributed by atoms with Gasteiger partial charge < -0.3 is 15.5 Å². The van der Waals surface area contributed by atoms with Gasteiger partial charge in [-0.2, -0.15) is 0 Å². The van der Waals surface area contributed by atoms with Gasteiger partial charge in [-0.3, -0.25) is 19.2 Å². The fourth-order valence-electron chi connectivity index (χ4n) is 3.06. The van der Waals surface area contributed by atoms with Crippen molar-refractivity contribution >= 4 is 34.9 Å². The largest absolute Gasteiger partial charge is 0.347 e. The first kappa shape index (κ1) is 20.2. The molecule has 1 atom stereocenters. The number of benzene rings is 2. The number of rotatable bonds is 6. The van der Waals surface area contributed by atoms with Crippen LogP contribution in [0.3, 0.4) is 0 Å². The summed E-state index contributed by atoms with van der Waals surface area (Å²) in [5.41, 5.74) is 1.57. The number of anilines is 2. The first-order valence-electron chi connectivity index (χ1n) is 9.08. The third-order valence-corrected chi connectivity index (χ3v) is 4.63. The smallest absolute Gasteiger partial charge is 0.243 e. The van der Waals surface area contributed by atoms with Gasteiger partial charge in [0.1, 0.15) is 5.82 Å². The average Bonchev–Trinajstić information content (AvgIpc) is 3.09. The molecular weight excluding hydrogens is 377 g/mol. The minimum atomic E-state index is -0.588. The lowest BCUT2D eigenvalue weighted by Crippen LogP contribution is -2.37. The van der Waals surface area contributed by atoms with Crippen molar-refractivity contribution in [1.82, 2.24) is 5.32 Å². The number of ketones is 1. The van der Waals surface area contributed by atoms with E-state index in [1.807, 2.05) is 0 Å². The standard InChI is InChI=1S/C21H20FN3O4/c1-13(26)14-2-6-17(7-3-14)24-19(27)11-23-21(29)15-10-20(28)25(12-15)18-8-4-16(22)5-9-18/h2-9,15H,10-12H2,1H3,(H,23,29)(H,24,27)/t15-/m1/s1. The molecule has 29 heavy (non-hydrogen) atoms. The second-order valence-electron chi connectivity index (χ2n) is 6.78. The molecule has 3 amide bonds. The van der Waals surface area contributed by atoms with Crippen LogP contribution in [0, 0.1) is 11.7 Å². The summed E-state index contributed by atoms with van der Waals surface area (Å²) in [5.74, 6) is -2.12. The van der Waals surface area contributed by atoms with E-state index in [-0.39, 0.29) is 31.2 Å². The minimum Gasteiger partial charge on any atom is -0.347 e. The van der Waals surface area contributed by atoms with Crippen molar-refractivity contribution in [1.29, 1.82) is 0 Å². The highest BCUT2D eigenvalue weighted by molar-refractivity contribution is 6.01. The first-order valence-corrected chi connectivity index (χ1v) is 9.08. The Labute approximate surface area is 166 Å². The van der Waals surface area contributed by atoms with Crippen LogP contribution in [0.15, 0.2) is 48.5 Å².